The van der Waals surface area contributed by atoms with Crippen LogP contribution in [0, 0.1) is 13.8 Å². The Hall–Kier alpha value is -1.19. The van der Waals surface area contributed by atoms with Gasteiger partial charge in [-0.1, -0.05) is 36.2 Å². The number of hydrogen-bond donors (Lipinski definition) is 1. The molecule has 1 aromatic carbocycles. The highest BCUT2D eigenvalue weighted by atomic mass is 35.5. The Kier molecular flexibility index (Phi) is 4.61. The zero-order valence-corrected chi connectivity index (χ0v) is 13.7. The minimum atomic E-state index is 0.186. The van der Waals surface area contributed by atoms with Crippen LogP contribution in [0.1, 0.15) is 36.3 Å². The van der Waals surface area contributed by atoms with E-state index in [0.29, 0.717) is 10.0 Å². The van der Waals surface area contributed by atoms with E-state index in [4.69, 9.17) is 23.2 Å². The van der Waals surface area contributed by atoms with E-state index in [9.17, 15) is 0 Å². The second-order valence-electron chi connectivity index (χ2n) is 4.95. The minimum Gasteiger partial charge on any atom is -0.375 e. The van der Waals surface area contributed by atoms with E-state index in [1.165, 1.54) is 0 Å². The summed E-state index contributed by atoms with van der Waals surface area (Å²) >= 11 is 12.1. The van der Waals surface area contributed by atoms with Crippen LogP contribution in [0.5, 0.6) is 0 Å². The van der Waals surface area contributed by atoms with Crippen LogP contribution in [0.25, 0.3) is 0 Å². The smallest absolute Gasteiger partial charge is 0.0828 e. The fourth-order valence-corrected chi connectivity index (χ4v) is 2.61. The lowest BCUT2D eigenvalue weighted by Gasteiger charge is -2.19. The van der Waals surface area contributed by atoms with Gasteiger partial charge in [0, 0.05) is 7.05 Å². The molecule has 108 valence electrons. The lowest BCUT2D eigenvalue weighted by atomic mass is 10.0. The number of nitrogens with one attached hydrogen (secondary N) is 1. The number of rotatable bonds is 4. The molecule has 0 aliphatic heterocycles. The van der Waals surface area contributed by atoms with Crippen LogP contribution in [0.15, 0.2) is 18.2 Å². The van der Waals surface area contributed by atoms with Crippen LogP contribution >= 0.6 is 23.2 Å². The van der Waals surface area contributed by atoms with Crippen LogP contribution in [-0.4, -0.2) is 9.78 Å². The SMILES string of the molecule is CCC(Nc1c(C)nn(C)c1C)c1ccc(Cl)c(Cl)c1. The molecule has 0 radical (unpaired) electrons. The average molecular weight is 312 g/mol. The molecular formula is C15H19Cl2N3. The first-order valence-corrected chi connectivity index (χ1v) is 7.41. The molecule has 0 fully saturated rings. The Morgan fingerprint density at radius 3 is 2.45 bits per heavy atom. The number of aryl methyl sites for hydroxylation is 2. The van der Waals surface area contributed by atoms with Crippen molar-refractivity contribution in [3.63, 3.8) is 0 Å². The summed E-state index contributed by atoms with van der Waals surface area (Å²) in [7, 11) is 1.95. The van der Waals surface area contributed by atoms with Crippen LogP contribution in [0.2, 0.25) is 10.0 Å². The van der Waals surface area contributed by atoms with Crippen molar-refractivity contribution in [2.45, 2.75) is 33.2 Å². The van der Waals surface area contributed by atoms with Crippen molar-refractivity contribution in [3.8, 4) is 0 Å². The van der Waals surface area contributed by atoms with Crippen molar-refractivity contribution in [1.29, 1.82) is 0 Å². The van der Waals surface area contributed by atoms with Gasteiger partial charge in [-0.25, -0.2) is 0 Å². The summed E-state index contributed by atoms with van der Waals surface area (Å²) in [4.78, 5) is 0. The summed E-state index contributed by atoms with van der Waals surface area (Å²) < 4.78 is 1.89. The fourth-order valence-electron chi connectivity index (χ4n) is 2.31. The average Bonchev–Trinajstić information content (AvgIpc) is 2.65. The number of halogens is 2. The van der Waals surface area contributed by atoms with Crippen LogP contribution < -0.4 is 5.32 Å². The number of anilines is 1. The van der Waals surface area contributed by atoms with E-state index >= 15 is 0 Å². The molecule has 5 heteroatoms. The van der Waals surface area contributed by atoms with Gasteiger partial charge < -0.3 is 5.32 Å². The molecule has 0 saturated heterocycles. The predicted octanol–water partition coefficient (Wildman–Crippen LogP) is 4.91. The van der Waals surface area contributed by atoms with Crippen LogP contribution in [0.3, 0.4) is 0 Å². The molecule has 1 heterocycles. The fraction of sp³-hybridized carbons (Fsp3) is 0.400. The maximum Gasteiger partial charge on any atom is 0.0828 e. The van der Waals surface area contributed by atoms with Crippen molar-refractivity contribution in [1.82, 2.24) is 9.78 Å². The van der Waals surface area contributed by atoms with Gasteiger partial charge in [-0.3, -0.25) is 4.68 Å². The molecule has 2 aromatic rings. The molecule has 1 unspecified atom stereocenters. The molecule has 0 spiro atoms. The molecule has 0 aliphatic carbocycles. The molecule has 1 aromatic heterocycles. The van der Waals surface area contributed by atoms with E-state index in [1.54, 1.807) is 0 Å². The van der Waals surface area contributed by atoms with Gasteiger partial charge in [-0.05, 0) is 38.0 Å². The first-order chi connectivity index (χ1) is 9.43. The van der Waals surface area contributed by atoms with Crippen molar-refractivity contribution in [2.24, 2.45) is 7.05 Å². The molecule has 0 aliphatic rings. The third-order valence-electron chi connectivity index (χ3n) is 3.58. The number of aromatic nitrogens is 2. The van der Waals surface area contributed by atoms with Crippen molar-refractivity contribution in [3.05, 3.63) is 45.2 Å². The van der Waals surface area contributed by atoms with Crippen molar-refractivity contribution in [2.75, 3.05) is 5.32 Å². The molecule has 1 atom stereocenters. The number of nitrogens with zero attached hydrogens (tertiary/aromatic N) is 2. The van der Waals surface area contributed by atoms with Gasteiger partial charge in [-0.2, -0.15) is 5.10 Å². The van der Waals surface area contributed by atoms with Gasteiger partial charge in [0.15, 0.2) is 0 Å². The molecule has 0 saturated carbocycles. The lowest BCUT2D eigenvalue weighted by Crippen LogP contribution is -2.11. The molecule has 2 rings (SSSR count). The summed E-state index contributed by atoms with van der Waals surface area (Å²) in [6, 6.07) is 5.96. The topological polar surface area (TPSA) is 29.9 Å². The minimum absolute atomic E-state index is 0.186. The third kappa shape index (κ3) is 2.94. The highest BCUT2D eigenvalue weighted by Crippen LogP contribution is 2.30. The van der Waals surface area contributed by atoms with Gasteiger partial charge in [0.1, 0.15) is 0 Å². The predicted molar refractivity (Wildman–Crippen MR) is 85.8 cm³/mol. The summed E-state index contributed by atoms with van der Waals surface area (Å²) in [5, 5.41) is 9.16. The van der Waals surface area contributed by atoms with Gasteiger partial charge in [-0.15, -0.1) is 0 Å². The maximum atomic E-state index is 6.11. The van der Waals surface area contributed by atoms with E-state index in [2.05, 4.69) is 24.3 Å². The van der Waals surface area contributed by atoms with E-state index < -0.39 is 0 Å². The summed E-state index contributed by atoms with van der Waals surface area (Å²) in [6.45, 7) is 6.21. The Morgan fingerprint density at radius 2 is 1.95 bits per heavy atom. The highest BCUT2D eigenvalue weighted by molar-refractivity contribution is 6.42. The van der Waals surface area contributed by atoms with Gasteiger partial charge in [0.25, 0.3) is 0 Å². The summed E-state index contributed by atoms with van der Waals surface area (Å²) in [5.74, 6) is 0. The monoisotopic (exact) mass is 311 g/mol. The lowest BCUT2D eigenvalue weighted by molar-refractivity contribution is 0.728. The van der Waals surface area contributed by atoms with E-state index in [1.807, 2.05) is 36.9 Å². The van der Waals surface area contributed by atoms with Gasteiger partial charge >= 0.3 is 0 Å². The zero-order valence-electron chi connectivity index (χ0n) is 12.2. The van der Waals surface area contributed by atoms with E-state index in [-0.39, 0.29) is 6.04 Å². The zero-order chi connectivity index (χ0) is 14.9. The van der Waals surface area contributed by atoms with Gasteiger partial charge in [0.05, 0.1) is 33.2 Å². The Bertz CT molecular complexity index is 620. The largest absolute Gasteiger partial charge is 0.375 e. The highest BCUT2D eigenvalue weighted by Gasteiger charge is 2.16. The quantitative estimate of drug-likeness (QED) is 0.869. The van der Waals surface area contributed by atoms with E-state index in [0.717, 1.165) is 29.1 Å². The molecule has 3 nitrogen and oxygen atoms in total. The van der Waals surface area contributed by atoms with Crippen molar-refractivity contribution >= 4 is 28.9 Å². The molecule has 0 bridgehead atoms. The Labute approximate surface area is 129 Å². The van der Waals surface area contributed by atoms with Gasteiger partial charge in [0.2, 0.25) is 0 Å². The Morgan fingerprint density at radius 1 is 1.25 bits per heavy atom. The number of benzene rings is 1. The third-order valence-corrected chi connectivity index (χ3v) is 4.32. The van der Waals surface area contributed by atoms with Crippen molar-refractivity contribution < 1.29 is 0 Å². The molecular weight excluding hydrogens is 293 g/mol. The van der Waals surface area contributed by atoms with Crippen LogP contribution in [0.4, 0.5) is 5.69 Å². The second-order valence-corrected chi connectivity index (χ2v) is 5.76. The standard InChI is InChI=1S/C15H19Cl2N3/c1-5-14(11-6-7-12(16)13(17)8-11)18-15-9(2)19-20(4)10(15)3/h6-8,14,18H,5H2,1-4H3. The van der Waals surface area contributed by atoms with Crippen LogP contribution in [-0.2, 0) is 7.05 Å². The second kappa shape index (κ2) is 6.06. The molecule has 0 amide bonds. The molecule has 1 N–H and O–H groups in total. The molecule has 20 heavy (non-hydrogen) atoms. The maximum absolute atomic E-state index is 6.11. The number of hydrogen-bond acceptors (Lipinski definition) is 2. The summed E-state index contributed by atoms with van der Waals surface area (Å²) in [5.41, 5.74) is 4.35. The normalized spacial score (nSPS) is 12.5. The first kappa shape index (κ1) is 15.2. The summed E-state index contributed by atoms with van der Waals surface area (Å²) in [6.07, 6.45) is 0.950. The Balaban J connectivity index is 2.31. The first-order valence-electron chi connectivity index (χ1n) is 6.65.